The fraction of sp³-hybridized carbons (Fsp3) is 1.00. The van der Waals surface area contributed by atoms with Gasteiger partial charge in [-0.05, 0) is 6.42 Å². The van der Waals surface area contributed by atoms with Crippen LogP contribution in [0.25, 0.3) is 0 Å². The van der Waals surface area contributed by atoms with Crippen molar-refractivity contribution in [2.24, 2.45) is 0 Å². The van der Waals surface area contributed by atoms with Crippen LogP contribution in [-0.4, -0.2) is 44.2 Å². The number of hydrogen-bond acceptors (Lipinski definition) is 3. The van der Waals surface area contributed by atoms with Gasteiger partial charge in [-0.15, -0.1) is 11.6 Å². The van der Waals surface area contributed by atoms with E-state index >= 15 is 0 Å². The van der Waals surface area contributed by atoms with E-state index in [1.165, 1.54) is 11.4 Å². The molecule has 1 rings (SSSR count). The number of rotatable bonds is 3. The maximum atomic E-state index is 11.2. The molecule has 1 aliphatic rings. The van der Waals surface area contributed by atoms with E-state index < -0.39 is 10.0 Å². The van der Waals surface area contributed by atoms with E-state index in [4.69, 9.17) is 16.3 Å². The lowest BCUT2D eigenvalue weighted by atomic mass is 10.3. The minimum atomic E-state index is -3.26. The molecule has 0 spiro atoms. The molecule has 6 heteroatoms. The second kappa shape index (κ2) is 3.91. The Morgan fingerprint density at radius 3 is 2.75 bits per heavy atom. The largest absolute Gasteiger partial charge is 0.380 e. The lowest BCUT2D eigenvalue weighted by Crippen LogP contribution is -2.37. The summed E-state index contributed by atoms with van der Waals surface area (Å²) >= 11 is 5.30. The Balaban J connectivity index is 2.63. The van der Waals surface area contributed by atoms with Crippen molar-refractivity contribution >= 4 is 21.6 Å². The maximum Gasteiger partial charge on any atom is 0.228 e. The van der Waals surface area contributed by atoms with Crippen LogP contribution in [0.4, 0.5) is 0 Å². The minimum absolute atomic E-state index is 0.0336. The van der Waals surface area contributed by atoms with E-state index in [1.54, 1.807) is 0 Å². The molecule has 0 amide bonds. The first kappa shape index (κ1) is 10.2. The molecule has 0 aromatic rings. The molecule has 1 fully saturated rings. The zero-order valence-electron chi connectivity index (χ0n) is 6.86. The zero-order chi connectivity index (χ0) is 9.19. The fourth-order valence-electron chi connectivity index (χ4n) is 1.11. The molecule has 0 bridgehead atoms. The highest BCUT2D eigenvalue weighted by molar-refractivity contribution is 7.90. The lowest BCUT2D eigenvalue weighted by Gasteiger charge is -2.20. The van der Waals surface area contributed by atoms with Crippen molar-refractivity contribution in [3.63, 3.8) is 0 Å². The summed E-state index contributed by atoms with van der Waals surface area (Å²) in [6, 6.07) is -0.0336. The first-order valence-corrected chi connectivity index (χ1v) is 5.81. The zero-order valence-corrected chi connectivity index (χ0v) is 8.44. The molecule has 4 nitrogen and oxygen atoms in total. The molecule has 72 valence electrons. The molecule has 0 aliphatic carbocycles. The fourth-order valence-corrected chi connectivity index (χ4v) is 2.35. The Kier molecular flexibility index (Phi) is 3.34. The van der Waals surface area contributed by atoms with E-state index in [9.17, 15) is 8.42 Å². The van der Waals surface area contributed by atoms with Gasteiger partial charge < -0.3 is 4.74 Å². The predicted molar refractivity (Wildman–Crippen MR) is 46.6 cm³/mol. The van der Waals surface area contributed by atoms with E-state index in [2.05, 4.69) is 0 Å². The normalized spacial score (nSPS) is 25.1. The second-order valence-electron chi connectivity index (χ2n) is 2.75. The number of halogens is 1. The van der Waals surface area contributed by atoms with Gasteiger partial charge in [0.25, 0.3) is 0 Å². The maximum absolute atomic E-state index is 11.2. The summed E-state index contributed by atoms with van der Waals surface area (Å²) < 4.78 is 28.8. The molecule has 1 heterocycles. The highest BCUT2D eigenvalue weighted by Crippen LogP contribution is 2.14. The van der Waals surface area contributed by atoms with Crippen LogP contribution in [0.5, 0.6) is 0 Å². The first-order valence-electron chi connectivity index (χ1n) is 3.67. The van der Waals surface area contributed by atoms with Crippen LogP contribution >= 0.6 is 11.6 Å². The Morgan fingerprint density at radius 2 is 2.33 bits per heavy atom. The standard InChI is InChI=1S/C6H12ClNO3S/c1-8(12(9,10)5-7)6-2-3-11-4-6/h6H,2-5H2,1H3. The molecule has 0 aromatic heterocycles. The van der Waals surface area contributed by atoms with Crippen LogP contribution < -0.4 is 0 Å². The van der Waals surface area contributed by atoms with Crippen molar-refractivity contribution in [2.75, 3.05) is 25.5 Å². The second-order valence-corrected chi connectivity index (χ2v) is 5.37. The molecule has 1 atom stereocenters. The average Bonchev–Trinajstić information content (AvgIpc) is 2.55. The van der Waals surface area contributed by atoms with Gasteiger partial charge in [-0.3, -0.25) is 0 Å². The number of hydrogen-bond donors (Lipinski definition) is 0. The van der Waals surface area contributed by atoms with Crippen LogP contribution in [-0.2, 0) is 14.8 Å². The van der Waals surface area contributed by atoms with Gasteiger partial charge in [0.2, 0.25) is 10.0 Å². The molecule has 1 aliphatic heterocycles. The first-order chi connectivity index (χ1) is 5.58. The quantitative estimate of drug-likeness (QED) is 0.631. The van der Waals surface area contributed by atoms with Crippen molar-refractivity contribution < 1.29 is 13.2 Å². The molecule has 0 N–H and O–H groups in total. The summed E-state index contributed by atoms with van der Waals surface area (Å²) in [6.07, 6.45) is 0.757. The van der Waals surface area contributed by atoms with Gasteiger partial charge in [0.1, 0.15) is 5.21 Å². The van der Waals surface area contributed by atoms with Gasteiger partial charge in [-0.25, -0.2) is 8.42 Å². The van der Waals surface area contributed by atoms with Crippen molar-refractivity contribution in [1.82, 2.24) is 4.31 Å². The number of sulfonamides is 1. The van der Waals surface area contributed by atoms with E-state index in [1.807, 2.05) is 0 Å². The molecule has 1 unspecified atom stereocenters. The van der Waals surface area contributed by atoms with Crippen molar-refractivity contribution in [2.45, 2.75) is 12.5 Å². The minimum Gasteiger partial charge on any atom is -0.380 e. The summed E-state index contributed by atoms with van der Waals surface area (Å²) in [5.74, 6) is 0. The monoisotopic (exact) mass is 213 g/mol. The predicted octanol–water partition coefficient (Wildman–Crippen LogP) is 0.233. The van der Waals surface area contributed by atoms with Gasteiger partial charge >= 0.3 is 0 Å². The summed E-state index contributed by atoms with van der Waals surface area (Å²) in [7, 11) is -1.72. The van der Waals surface area contributed by atoms with Crippen LogP contribution in [0.3, 0.4) is 0 Å². The van der Waals surface area contributed by atoms with Gasteiger partial charge in [0.05, 0.1) is 12.6 Å². The molecular weight excluding hydrogens is 202 g/mol. The van der Waals surface area contributed by atoms with Gasteiger partial charge in [-0.1, -0.05) is 0 Å². The molecule has 12 heavy (non-hydrogen) atoms. The molecular formula is C6H12ClNO3S. The Labute approximate surface area is 77.5 Å². The van der Waals surface area contributed by atoms with Crippen LogP contribution in [0.2, 0.25) is 0 Å². The topological polar surface area (TPSA) is 46.6 Å². The van der Waals surface area contributed by atoms with Crippen molar-refractivity contribution in [1.29, 1.82) is 0 Å². The van der Waals surface area contributed by atoms with Gasteiger partial charge in [0.15, 0.2) is 0 Å². The smallest absolute Gasteiger partial charge is 0.228 e. The number of ether oxygens (including phenoxy) is 1. The highest BCUT2D eigenvalue weighted by atomic mass is 35.5. The average molecular weight is 214 g/mol. The van der Waals surface area contributed by atoms with E-state index in [0.717, 1.165) is 6.42 Å². The molecule has 1 saturated heterocycles. The van der Waals surface area contributed by atoms with Crippen LogP contribution in [0, 0.1) is 0 Å². The van der Waals surface area contributed by atoms with E-state index in [-0.39, 0.29) is 11.3 Å². The Hall–Kier alpha value is 0.160. The van der Waals surface area contributed by atoms with Crippen molar-refractivity contribution in [3.05, 3.63) is 0 Å². The van der Waals surface area contributed by atoms with Gasteiger partial charge in [-0.2, -0.15) is 4.31 Å². The lowest BCUT2D eigenvalue weighted by molar-refractivity contribution is 0.181. The Bertz CT molecular complexity index is 235. The van der Waals surface area contributed by atoms with Crippen LogP contribution in [0.1, 0.15) is 6.42 Å². The molecule has 0 aromatic carbocycles. The third-order valence-corrected chi connectivity index (χ3v) is 4.28. The third kappa shape index (κ3) is 2.10. The third-order valence-electron chi connectivity index (χ3n) is 2.00. The molecule has 0 radical (unpaired) electrons. The van der Waals surface area contributed by atoms with Gasteiger partial charge in [0, 0.05) is 13.7 Å². The van der Waals surface area contributed by atoms with Crippen LogP contribution in [0.15, 0.2) is 0 Å². The number of alkyl halides is 1. The van der Waals surface area contributed by atoms with Crippen molar-refractivity contribution in [3.8, 4) is 0 Å². The molecule has 0 saturated carbocycles. The Morgan fingerprint density at radius 1 is 1.67 bits per heavy atom. The summed E-state index contributed by atoms with van der Waals surface area (Å²) in [4.78, 5) is 0. The summed E-state index contributed by atoms with van der Waals surface area (Å²) in [6.45, 7) is 1.11. The summed E-state index contributed by atoms with van der Waals surface area (Å²) in [5.41, 5.74) is 0. The summed E-state index contributed by atoms with van der Waals surface area (Å²) in [5, 5.41) is -0.361. The highest BCUT2D eigenvalue weighted by Gasteiger charge is 2.28. The van der Waals surface area contributed by atoms with E-state index in [0.29, 0.717) is 13.2 Å². The number of likely N-dealkylation sites (N-methyl/N-ethyl adjacent to an activating group) is 1. The SMILES string of the molecule is CN(C1CCOC1)S(=O)(=O)CCl. The number of nitrogens with zero attached hydrogens (tertiary/aromatic N) is 1.